The lowest BCUT2D eigenvalue weighted by Crippen LogP contribution is -2.50. The zero-order valence-corrected chi connectivity index (χ0v) is 18.7. The Hall–Kier alpha value is -2.42. The average molecular weight is 426 g/mol. The molecule has 3 heterocycles. The first kappa shape index (κ1) is 21.8. The predicted molar refractivity (Wildman–Crippen MR) is 126 cm³/mol. The summed E-state index contributed by atoms with van der Waals surface area (Å²) < 4.78 is 0. The van der Waals surface area contributed by atoms with Gasteiger partial charge in [0.15, 0.2) is 5.82 Å². The van der Waals surface area contributed by atoms with Crippen molar-refractivity contribution >= 4 is 11.5 Å². The van der Waals surface area contributed by atoms with Gasteiger partial charge >= 0.3 is 0 Å². The van der Waals surface area contributed by atoms with Crippen molar-refractivity contribution in [2.75, 3.05) is 76.7 Å². The molecule has 4 rings (SSSR count). The maximum absolute atomic E-state index is 10.2. The molecule has 8 nitrogen and oxygen atoms in total. The molecular formula is C23H35N7O. The van der Waals surface area contributed by atoms with Crippen molar-refractivity contribution in [2.45, 2.75) is 18.9 Å². The van der Waals surface area contributed by atoms with Crippen LogP contribution in [0.3, 0.4) is 0 Å². The van der Waals surface area contributed by atoms with E-state index in [-0.39, 0.29) is 5.75 Å². The molecule has 0 aliphatic carbocycles. The van der Waals surface area contributed by atoms with Crippen LogP contribution < -0.4 is 15.5 Å². The number of hydrogen-bond acceptors (Lipinski definition) is 8. The Balaban J connectivity index is 1.36. The second-order valence-corrected chi connectivity index (χ2v) is 8.52. The molecule has 2 aliphatic rings. The summed E-state index contributed by atoms with van der Waals surface area (Å²) in [7, 11) is 4.15. The van der Waals surface area contributed by atoms with Crippen molar-refractivity contribution in [3.63, 3.8) is 0 Å². The molecule has 0 radical (unpaired) electrons. The van der Waals surface area contributed by atoms with Gasteiger partial charge in [-0.1, -0.05) is 12.1 Å². The van der Waals surface area contributed by atoms with E-state index in [1.807, 2.05) is 31.3 Å². The number of likely N-dealkylation sites (N-methyl/N-ethyl adjacent to an activating group) is 1. The number of aromatic hydroxyl groups is 1. The summed E-state index contributed by atoms with van der Waals surface area (Å²) in [6, 6.07) is 10.0. The van der Waals surface area contributed by atoms with Gasteiger partial charge in [0.2, 0.25) is 0 Å². The Kier molecular flexibility index (Phi) is 7.21. The third-order valence-corrected chi connectivity index (χ3v) is 6.60. The summed E-state index contributed by atoms with van der Waals surface area (Å²) in [6.07, 6.45) is 2.51. The number of nitrogens with one attached hydrogen (secondary N) is 2. The van der Waals surface area contributed by atoms with Gasteiger partial charge < -0.3 is 25.5 Å². The molecule has 0 unspecified atom stereocenters. The zero-order chi connectivity index (χ0) is 21.6. The summed E-state index contributed by atoms with van der Waals surface area (Å²) >= 11 is 0. The van der Waals surface area contributed by atoms with E-state index in [0.29, 0.717) is 11.3 Å². The van der Waals surface area contributed by atoms with Gasteiger partial charge in [-0.15, -0.1) is 10.2 Å². The number of hydrogen-bond donors (Lipinski definition) is 3. The first-order chi connectivity index (χ1) is 15.2. The summed E-state index contributed by atoms with van der Waals surface area (Å²) in [5.74, 6) is 1.00. The standard InChI is InChI=1S/C23H35N7O/c1-24-23-21(17-20(26-27-23)19-5-3-4-6-22(19)31)30-15-13-29(14-16-30)12-11-28(2)18-7-9-25-10-8-18/h3-6,17-18,25,31H,7-16H2,1-2H3,(H,24,27). The molecule has 2 fully saturated rings. The van der Waals surface area contributed by atoms with Crippen molar-refractivity contribution in [3.05, 3.63) is 30.3 Å². The Labute approximate surface area is 185 Å². The van der Waals surface area contributed by atoms with Crippen LogP contribution in [0.1, 0.15) is 12.8 Å². The minimum absolute atomic E-state index is 0.225. The van der Waals surface area contributed by atoms with Gasteiger partial charge in [0.25, 0.3) is 0 Å². The lowest BCUT2D eigenvalue weighted by atomic mass is 10.1. The van der Waals surface area contributed by atoms with Gasteiger partial charge in [0.1, 0.15) is 5.75 Å². The number of anilines is 2. The number of benzene rings is 1. The van der Waals surface area contributed by atoms with Crippen LogP contribution >= 0.6 is 0 Å². The molecule has 0 amide bonds. The molecule has 31 heavy (non-hydrogen) atoms. The van der Waals surface area contributed by atoms with Crippen LogP contribution in [0.25, 0.3) is 11.3 Å². The quantitative estimate of drug-likeness (QED) is 0.619. The zero-order valence-electron chi connectivity index (χ0n) is 18.7. The molecular weight excluding hydrogens is 390 g/mol. The lowest BCUT2D eigenvalue weighted by Gasteiger charge is -2.38. The molecule has 8 heteroatoms. The van der Waals surface area contributed by atoms with Gasteiger partial charge in [0.05, 0.1) is 11.4 Å². The molecule has 1 aromatic heterocycles. The number of aromatic nitrogens is 2. The van der Waals surface area contributed by atoms with E-state index in [4.69, 9.17) is 0 Å². The van der Waals surface area contributed by atoms with E-state index in [2.05, 4.69) is 42.6 Å². The third kappa shape index (κ3) is 5.26. The van der Waals surface area contributed by atoms with Crippen molar-refractivity contribution < 1.29 is 5.11 Å². The Morgan fingerprint density at radius 1 is 1.13 bits per heavy atom. The van der Waals surface area contributed by atoms with E-state index in [1.54, 1.807) is 6.07 Å². The molecule has 0 atom stereocenters. The molecule has 2 aliphatic heterocycles. The maximum Gasteiger partial charge on any atom is 0.172 e. The van der Waals surface area contributed by atoms with Crippen LogP contribution in [0.2, 0.25) is 0 Å². The van der Waals surface area contributed by atoms with E-state index in [9.17, 15) is 5.11 Å². The fourth-order valence-corrected chi connectivity index (χ4v) is 4.56. The number of phenols is 1. The Morgan fingerprint density at radius 2 is 1.87 bits per heavy atom. The summed E-state index contributed by atoms with van der Waals surface area (Å²) in [5, 5.41) is 25.5. The van der Waals surface area contributed by atoms with E-state index in [1.165, 1.54) is 12.8 Å². The van der Waals surface area contributed by atoms with Crippen LogP contribution in [-0.2, 0) is 0 Å². The van der Waals surface area contributed by atoms with Gasteiger partial charge in [0, 0.05) is 57.9 Å². The van der Waals surface area contributed by atoms with Crippen LogP contribution in [0.5, 0.6) is 5.75 Å². The molecule has 3 N–H and O–H groups in total. The summed E-state index contributed by atoms with van der Waals surface area (Å²) in [4.78, 5) is 7.47. The highest BCUT2D eigenvalue weighted by Crippen LogP contribution is 2.32. The summed E-state index contributed by atoms with van der Waals surface area (Å²) in [6.45, 7) is 8.52. The van der Waals surface area contributed by atoms with Crippen molar-refractivity contribution in [2.24, 2.45) is 0 Å². The number of para-hydroxylation sites is 1. The maximum atomic E-state index is 10.2. The highest BCUT2D eigenvalue weighted by molar-refractivity contribution is 5.74. The predicted octanol–water partition coefficient (Wildman–Crippen LogP) is 1.70. The molecule has 2 aromatic rings. The molecule has 2 saturated heterocycles. The highest BCUT2D eigenvalue weighted by Gasteiger charge is 2.23. The number of rotatable bonds is 7. The van der Waals surface area contributed by atoms with Gasteiger partial charge in [-0.05, 0) is 51.2 Å². The topological polar surface area (TPSA) is 79.8 Å². The third-order valence-electron chi connectivity index (χ3n) is 6.60. The fraction of sp³-hybridized carbons (Fsp3) is 0.565. The number of nitrogens with zero attached hydrogens (tertiary/aromatic N) is 5. The lowest BCUT2D eigenvalue weighted by molar-refractivity contribution is 0.161. The number of piperidine rings is 1. The Morgan fingerprint density at radius 3 is 2.58 bits per heavy atom. The van der Waals surface area contributed by atoms with Crippen LogP contribution in [0.15, 0.2) is 30.3 Å². The molecule has 168 valence electrons. The second kappa shape index (κ2) is 10.3. The number of phenolic OH excluding ortho intramolecular Hbond substituents is 1. The van der Waals surface area contributed by atoms with E-state index >= 15 is 0 Å². The first-order valence-corrected chi connectivity index (χ1v) is 11.4. The fourth-order valence-electron chi connectivity index (χ4n) is 4.56. The summed E-state index contributed by atoms with van der Waals surface area (Å²) in [5.41, 5.74) is 2.44. The SMILES string of the molecule is CNc1nnc(-c2ccccc2O)cc1N1CCN(CCN(C)C2CCNCC2)CC1. The smallest absolute Gasteiger partial charge is 0.172 e. The van der Waals surface area contributed by atoms with Crippen molar-refractivity contribution in [1.29, 1.82) is 0 Å². The van der Waals surface area contributed by atoms with Gasteiger partial charge in [-0.3, -0.25) is 4.90 Å². The van der Waals surface area contributed by atoms with E-state index < -0.39 is 0 Å². The van der Waals surface area contributed by atoms with Gasteiger partial charge in [-0.25, -0.2) is 0 Å². The van der Waals surface area contributed by atoms with Crippen LogP contribution in [-0.4, -0.2) is 97.6 Å². The Bertz CT molecular complexity index is 848. The highest BCUT2D eigenvalue weighted by atomic mass is 16.3. The first-order valence-electron chi connectivity index (χ1n) is 11.4. The molecule has 0 saturated carbocycles. The minimum Gasteiger partial charge on any atom is -0.507 e. The number of piperazine rings is 1. The van der Waals surface area contributed by atoms with Gasteiger partial charge in [-0.2, -0.15) is 0 Å². The van der Waals surface area contributed by atoms with E-state index in [0.717, 1.165) is 69.9 Å². The van der Waals surface area contributed by atoms with Crippen molar-refractivity contribution in [3.8, 4) is 17.0 Å². The molecule has 0 spiro atoms. The largest absolute Gasteiger partial charge is 0.507 e. The van der Waals surface area contributed by atoms with Crippen LogP contribution in [0, 0.1) is 0 Å². The minimum atomic E-state index is 0.225. The second-order valence-electron chi connectivity index (χ2n) is 8.52. The molecule has 0 bridgehead atoms. The normalized spacial score (nSPS) is 18.5. The van der Waals surface area contributed by atoms with Crippen LogP contribution in [0.4, 0.5) is 11.5 Å². The monoisotopic (exact) mass is 425 g/mol. The average Bonchev–Trinajstić information content (AvgIpc) is 2.83. The van der Waals surface area contributed by atoms with Crippen molar-refractivity contribution in [1.82, 2.24) is 25.3 Å². The molecule has 1 aromatic carbocycles.